The second-order valence-corrected chi connectivity index (χ2v) is 4.05. The molecule has 1 N–H and O–H groups in total. The predicted molar refractivity (Wildman–Crippen MR) is 57.4 cm³/mol. The summed E-state index contributed by atoms with van der Waals surface area (Å²) in [6.45, 7) is 6.56. The minimum atomic E-state index is -0.410. The minimum absolute atomic E-state index is 0.0596. The van der Waals surface area contributed by atoms with Crippen LogP contribution in [0.2, 0.25) is 0 Å². The van der Waals surface area contributed by atoms with Crippen molar-refractivity contribution in [2.45, 2.75) is 19.9 Å². The number of nitrogens with one attached hydrogen (secondary N) is 1. The fourth-order valence-corrected chi connectivity index (χ4v) is 1.39. The van der Waals surface area contributed by atoms with Gasteiger partial charge in [0.15, 0.2) is 0 Å². The second kappa shape index (κ2) is 5.11. The SMILES string of the molecule is CC(C)N(C)C(=O)C(=O)N1CCNCC1. The minimum Gasteiger partial charge on any atom is -0.335 e. The summed E-state index contributed by atoms with van der Waals surface area (Å²) in [5.74, 6) is -0.792. The van der Waals surface area contributed by atoms with Gasteiger partial charge in [0.05, 0.1) is 0 Å². The summed E-state index contributed by atoms with van der Waals surface area (Å²) in [4.78, 5) is 26.5. The Labute approximate surface area is 90.4 Å². The molecule has 0 radical (unpaired) electrons. The van der Waals surface area contributed by atoms with Crippen LogP contribution < -0.4 is 5.32 Å². The Balaban J connectivity index is 2.55. The van der Waals surface area contributed by atoms with Gasteiger partial charge in [0.2, 0.25) is 0 Å². The molecule has 0 spiro atoms. The van der Waals surface area contributed by atoms with Gasteiger partial charge in [-0.15, -0.1) is 0 Å². The van der Waals surface area contributed by atoms with E-state index < -0.39 is 5.91 Å². The maximum Gasteiger partial charge on any atom is 0.312 e. The van der Waals surface area contributed by atoms with Crippen molar-refractivity contribution in [1.82, 2.24) is 15.1 Å². The molecule has 1 saturated heterocycles. The van der Waals surface area contributed by atoms with Crippen LogP contribution in [0.3, 0.4) is 0 Å². The Hall–Kier alpha value is -1.10. The van der Waals surface area contributed by atoms with Crippen LogP contribution in [0.15, 0.2) is 0 Å². The Morgan fingerprint density at radius 1 is 1.27 bits per heavy atom. The molecule has 0 aromatic rings. The number of likely N-dealkylation sites (N-methyl/N-ethyl adjacent to an activating group) is 1. The molecule has 0 bridgehead atoms. The van der Waals surface area contributed by atoms with Crippen molar-refractivity contribution in [2.24, 2.45) is 0 Å². The number of piperazine rings is 1. The Morgan fingerprint density at radius 2 is 1.80 bits per heavy atom. The van der Waals surface area contributed by atoms with E-state index in [9.17, 15) is 9.59 Å². The number of carbonyl (C=O) groups is 2. The number of amides is 2. The van der Waals surface area contributed by atoms with Crippen LogP contribution in [0.25, 0.3) is 0 Å². The van der Waals surface area contributed by atoms with Crippen molar-refractivity contribution in [1.29, 1.82) is 0 Å². The van der Waals surface area contributed by atoms with E-state index in [4.69, 9.17) is 0 Å². The van der Waals surface area contributed by atoms with E-state index in [0.717, 1.165) is 13.1 Å². The highest BCUT2D eigenvalue weighted by Crippen LogP contribution is 2.00. The molecule has 0 atom stereocenters. The number of hydrogen-bond donors (Lipinski definition) is 1. The van der Waals surface area contributed by atoms with Crippen LogP contribution in [0.4, 0.5) is 0 Å². The van der Waals surface area contributed by atoms with E-state index in [-0.39, 0.29) is 11.9 Å². The maximum absolute atomic E-state index is 11.8. The van der Waals surface area contributed by atoms with Gasteiger partial charge in [0.25, 0.3) is 0 Å². The zero-order chi connectivity index (χ0) is 11.4. The molecule has 0 unspecified atom stereocenters. The van der Waals surface area contributed by atoms with Crippen LogP contribution in [0.1, 0.15) is 13.8 Å². The van der Waals surface area contributed by atoms with Crippen LogP contribution in [-0.2, 0) is 9.59 Å². The van der Waals surface area contributed by atoms with Gasteiger partial charge in [-0.25, -0.2) is 0 Å². The quantitative estimate of drug-likeness (QED) is 0.585. The van der Waals surface area contributed by atoms with Crippen LogP contribution in [0, 0.1) is 0 Å². The normalized spacial score (nSPS) is 16.7. The van der Waals surface area contributed by atoms with Crippen molar-refractivity contribution in [3.05, 3.63) is 0 Å². The molecule has 2 amide bonds. The van der Waals surface area contributed by atoms with E-state index in [1.54, 1.807) is 11.9 Å². The fourth-order valence-electron chi connectivity index (χ4n) is 1.39. The number of carbonyl (C=O) groups excluding carboxylic acids is 2. The first-order valence-electron chi connectivity index (χ1n) is 5.31. The largest absolute Gasteiger partial charge is 0.335 e. The lowest BCUT2D eigenvalue weighted by atomic mass is 10.3. The lowest BCUT2D eigenvalue weighted by molar-refractivity contribution is -0.152. The standard InChI is InChI=1S/C10H19N3O2/c1-8(2)12(3)9(14)10(15)13-6-4-11-5-7-13/h8,11H,4-7H2,1-3H3. The van der Waals surface area contributed by atoms with Gasteiger partial charge in [-0.2, -0.15) is 0 Å². The zero-order valence-corrected chi connectivity index (χ0v) is 9.62. The second-order valence-electron chi connectivity index (χ2n) is 4.05. The molecule has 5 heteroatoms. The molecule has 0 aliphatic carbocycles. The Morgan fingerprint density at radius 3 is 2.27 bits per heavy atom. The summed E-state index contributed by atoms with van der Waals surface area (Å²) in [7, 11) is 1.66. The average Bonchev–Trinajstić information content (AvgIpc) is 2.27. The lowest BCUT2D eigenvalue weighted by Crippen LogP contribution is -2.52. The highest BCUT2D eigenvalue weighted by Gasteiger charge is 2.26. The molecule has 1 aliphatic heterocycles. The third-order valence-electron chi connectivity index (χ3n) is 2.68. The summed E-state index contributed by atoms with van der Waals surface area (Å²) in [6.07, 6.45) is 0. The average molecular weight is 213 g/mol. The van der Waals surface area contributed by atoms with E-state index in [0.29, 0.717) is 13.1 Å². The molecule has 1 rings (SSSR count). The molecule has 5 nitrogen and oxygen atoms in total. The first kappa shape index (κ1) is 12.0. The molecule has 0 aromatic carbocycles. The van der Waals surface area contributed by atoms with Gasteiger partial charge in [0, 0.05) is 39.3 Å². The van der Waals surface area contributed by atoms with Crippen molar-refractivity contribution in [3.8, 4) is 0 Å². The molecule has 0 saturated carbocycles. The Kier molecular flexibility index (Phi) is 4.08. The molecule has 0 aromatic heterocycles. The van der Waals surface area contributed by atoms with Gasteiger partial charge in [-0.05, 0) is 13.8 Å². The molecular weight excluding hydrogens is 194 g/mol. The van der Waals surface area contributed by atoms with Crippen molar-refractivity contribution in [3.63, 3.8) is 0 Å². The molecular formula is C10H19N3O2. The summed E-state index contributed by atoms with van der Waals surface area (Å²) < 4.78 is 0. The zero-order valence-electron chi connectivity index (χ0n) is 9.62. The summed E-state index contributed by atoms with van der Waals surface area (Å²) in [5.41, 5.74) is 0. The third kappa shape index (κ3) is 2.92. The molecule has 86 valence electrons. The van der Waals surface area contributed by atoms with Gasteiger partial charge in [-0.3, -0.25) is 9.59 Å². The monoisotopic (exact) mass is 213 g/mol. The first-order chi connectivity index (χ1) is 7.04. The maximum atomic E-state index is 11.8. The molecule has 15 heavy (non-hydrogen) atoms. The summed E-state index contributed by atoms with van der Waals surface area (Å²) in [6, 6.07) is 0.0596. The van der Waals surface area contributed by atoms with Crippen molar-refractivity contribution in [2.75, 3.05) is 33.2 Å². The van der Waals surface area contributed by atoms with Crippen LogP contribution in [-0.4, -0.2) is 60.9 Å². The van der Waals surface area contributed by atoms with Gasteiger partial charge in [-0.1, -0.05) is 0 Å². The first-order valence-corrected chi connectivity index (χ1v) is 5.31. The van der Waals surface area contributed by atoms with Gasteiger partial charge in [0.1, 0.15) is 0 Å². The highest BCUT2D eigenvalue weighted by molar-refractivity contribution is 6.34. The van der Waals surface area contributed by atoms with Gasteiger partial charge < -0.3 is 15.1 Å². The number of nitrogens with zero attached hydrogens (tertiary/aromatic N) is 2. The van der Waals surface area contributed by atoms with Gasteiger partial charge >= 0.3 is 11.8 Å². The topological polar surface area (TPSA) is 52.7 Å². The van der Waals surface area contributed by atoms with Crippen molar-refractivity contribution < 1.29 is 9.59 Å². The summed E-state index contributed by atoms with van der Waals surface area (Å²) >= 11 is 0. The highest BCUT2D eigenvalue weighted by atomic mass is 16.2. The lowest BCUT2D eigenvalue weighted by Gasteiger charge is -2.29. The third-order valence-corrected chi connectivity index (χ3v) is 2.68. The molecule has 1 heterocycles. The van der Waals surface area contributed by atoms with E-state index in [1.165, 1.54) is 4.90 Å². The van der Waals surface area contributed by atoms with Crippen LogP contribution >= 0.6 is 0 Å². The smallest absolute Gasteiger partial charge is 0.312 e. The fraction of sp³-hybridized carbons (Fsp3) is 0.800. The van der Waals surface area contributed by atoms with Crippen molar-refractivity contribution >= 4 is 11.8 Å². The van der Waals surface area contributed by atoms with E-state index in [2.05, 4.69) is 5.32 Å². The Bertz CT molecular complexity index is 247. The molecule has 1 fully saturated rings. The van der Waals surface area contributed by atoms with E-state index in [1.807, 2.05) is 13.8 Å². The predicted octanol–water partition coefficient (Wildman–Crippen LogP) is -0.715. The summed E-state index contributed by atoms with van der Waals surface area (Å²) in [5, 5.41) is 3.14. The van der Waals surface area contributed by atoms with E-state index >= 15 is 0 Å². The number of hydrogen-bond acceptors (Lipinski definition) is 3. The number of rotatable bonds is 1. The van der Waals surface area contributed by atoms with Crippen LogP contribution in [0.5, 0.6) is 0 Å². The molecule has 1 aliphatic rings.